The minimum Gasteiger partial charge on any atom is -0.310 e. The van der Waals surface area contributed by atoms with E-state index in [2.05, 4.69) is 241 Å². The average Bonchev–Trinajstić information content (AvgIpc) is 3.28. The van der Waals surface area contributed by atoms with Crippen molar-refractivity contribution in [2.24, 2.45) is 0 Å². The number of nitrogens with zero attached hydrogens (tertiary/aromatic N) is 1. The summed E-state index contributed by atoms with van der Waals surface area (Å²) in [6.45, 7) is 0. The minimum absolute atomic E-state index is 1.08. The van der Waals surface area contributed by atoms with E-state index >= 15 is 0 Å². The molecule has 1 nitrogen and oxygen atoms in total. The van der Waals surface area contributed by atoms with Crippen molar-refractivity contribution in [2.45, 2.75) is 0 Å². The highest BCUT2D eigenvalue weighted by atomic mass is 15.1. The molecule has 0 saturated heterocycles. The molecule has 55 heavy (non-hydrogen) atoms. The monoisotopic (exact) mass is 701 g/mol. The molecule has 0 fully saturated rings. The predicted octanol–water partition coefficient (Wildman–Crippen LogP) is 15.2. The van der Waals surface area contributed by atoms with Gasteiger partial charge in [0.2, 0.25) is 0 Å². The number of hydrogen-bond donors (Lipinski definition) is 0. The Morgan fingerprint density at radius 2 is 0.527 bits per heavy atom. The van der Waals surface area contributed by atoms with Crippen molar-refractivity contribution in [3.05, 3.63) is 237 Å². The molecule has 0 N–H and O–H groups in total. The first-order valence-corrected chi connectivity index (χ1v) is 18.8. The summed E-state index contributed by atoms with van der Waals surface area (Å²) in [6, 6.07) is 85.0. The maximum Gasteiger partial charge on any atom is 0.0473 e. The van der Waals surface area contributed by atoms with E-state index in [0.717, 1.165) is 17.1 Å². The van der Waals surface area contributed by atoms with Crippen molar-refractivity contribution in [2.75, 3.05) is 4.90 Å². The molecule has 0 radical (unpaired) electrons. The maximum atomic E-state index is 2.38. The van der Waals surface area contributed by atoms with Gasteiger partial charge >= 0.3 is 0 Å². The summed E-state index contributed by atoms with van der Waals surface area (Å²) in [6.07, 6.45) is 0. The highest BCUT2D eigenvalue weighted by molar-refractivity contribution is 5.95. The van der Waals surface area contributed by atoms with Crippen LogP contribution in [0.2, 0.25) is 0 Å². The molecule has 9 aromatic carbocycles. The zero-order valence-corrected chi connectivity index (χ0v) is 30.5. The van der Waals surface area contributed by atoms with E-state index in [0.29, 0.717) is 0 Å². The Labute approximate surface area is 324 Å². The molecule has 260 valence electrons. The van der Waals surface area contributed by atoms with Crippen LogP contribution in [0.25, 0.3) is 66.8 Å². The van der Waals surface area contributed by atoms with Gasteiger partial charge in [0.05, 0.1) is 0 Å². The quantitative estimate of drug-likeness (QED) is 0.145. The second kappa shape index (κ2) is 15.4. The van der Waals surface area contributed by atoms with Gasteiger partial charge in [0, 0.05) is 17.1 Å². The third kappa shape index (κ3) is 7.12. The third-order valence-electron chi connectivity index (χ3n) is 10.3. The largest absolute Gasteiger partial charge is 0.310 e. The van der Waals surface area contributed by atoms with Crippen LogP contribution >= 0.6 is 0 Å². The van der Waals surface area contributed by atoms with Crippen LogP contribution in [0.5, 0.6) is 0 Å². The molecule has 0 aliphatic heterocycles. The molecule has 1 heteroatoms. The van der Waals surface area contributed by atoms with Crippen molar-refractivity contribution >= 4 is 17.1 Å². The summed E-state index contributed by atoms with van der Waals surface area (Å²) in [5, 5.41) is 0. The molecule has 0 heterocycles. The highest BCUT2D eigenvalue weighted by Crippen LogP contribution is 2.43. The van der Waals surface area contributed by atoms with E-state index in [-0.39, 0.29) is 0 Å². The van der Waals surface area contributed by atoms with E-state index < -0.39 is 0 Å². The fraction of sp³-hybridized carbons (Fsp3) is 0. The molecule has 9 rings (SSSR count). The van der Waals surface area contributed by atoms with Crippen LogP contribution in [0.4, 0.5) is 17.1 Å². The van der Waals surface area contributed by atoms with Gasteiger partial charge in [-0.15, -0.1) is 0 Å². The number of rotatable bonds is 9. The Morgan fingerprint density at radius 3 is 0.964 bits per heavy atom. The fourth-order valence-electron chi connectivity index (χ4n) is 7.57. The lowest BCUT2D eigenvalue weighted by atomic mass is 9.87. The summed E-state index contributed by atoms with van der Waals surface area (Å²) < 4.78 is 0. The summed E-state index contributed by atoms with van der Waals surface area (Å²) in [5.41, 5.74) is 17.6. The lowest BCUT2D eigenvalue weighted by Crippen LogP contribution is -2.10. The van der Waals surface area contributed by atoms with Crippen molar-refractivity contribution in [3.8, 4) is 66.8 Å². The molecular formula is C54H39N. The van der Waals surface area contributed by atoms with Gasteiger partial charge in [0.15, 0.2) is 0 Å². The van der Waals surface area contributed by atoms with Gasteiger partial charge in [-0.2, -0.15) is 0 Å². The van der Waals surface area contributed by atoms with Gasteiger partial charge in [0.25, 0.3) is 0 Å². The van der Waals surface area contributed by atoms with Gasteiger partial charge in [-0.25, -0.2) is 0 Å². The van der Waals surface area contributed by atoms with Crippen LogP contribution in [-0.4, -0.2) is 0 Å². The van der Waals surface area contributed by atoms with E-state index in [1.807, 2.05) is 0 Å². The molecule has 0 amide bonds. The first-order chi connectivity index (χ1) is 27.3. The number of anilines is 3. The highest BCUT2D eigenvalue weighted by Gasteiger charge is 2.18. The Bertz CT molecular complexity index is 2580. The molecule has 9 aromatic rings. The molecule has 0 unspecified atom stereocenters. The Balaban J connectivity index is 1.20. The smallest absolute Gasteiger partial charge is 0.0473 e. The minimum atomic E-state index is 1.08. The van der Waals surface area contributed by atoms with Crippen molar-refractivity contribution in [1.82, 2.24) is 0 Å². The van der Waals surface area contributed by atoms with E-state index in [1.165, 1.54) is 66.8 Å². The Kier molecular flexibility index (Phi) is 9.41. The van der Waals surface area contributed by atoms with Crippen LogP contribution in [0.1, 0.15) is 0 Å². The second-order valence-corrected chi connectivity index (χ2v) is 13.8. The van der Waals surface area contributed by atoms with Crippen LogP contribution in [0, 0.1) is 0 Å². The predicted molar refractivity (Wildman–Crippen MR) is 234 cm³/mol. The van der Waals surface area contributed by atoms with Crippen molar-refractivity contribution in [1.29, 1.82) is 0 Å². The number of hydrogen-bond acceptors (Lipinski definition) is 1. The third-order valence-corrected chi connectivity index (χ3v) is 10.3. The van der Waals surface area contributed by atoms with Crippen LogP contribution in [0.15, 0.2) is 237 Å². The first-order valence-electron chi connectivity index (χ1n) is 18.8. The van der Waals surface area contributed by atoms with Crippen LogP contribution in [0.3, 0.4) is 0 Å². The molecule has 0 atom stereocenters. The number of benzene rings is 9. The van der Waals surface area contributed by atoms with Crippen LogP contribution < -0.4 is 4.90 Å². The molecule has 0 aliphatic carbocycles. The van der Waals surface area contributed by atoms with Gasteiger partial charge in [-0.1, -0.05) is 194 Å². The topological polar surface area (TPSA) is 3.24 Å². The SMILES string of the molecule is c1ccc(-c2ccc(N(c3ccc(-c4cccc(-c5ccccc5)c4-c4ccccc4)cc3)c3cc(-c4ccccc4)cc(-c4ccccc4)c3)cc2)cc1. The van der Waals surface area contributed by atoms with Crippen molar-refractivity contribution < 1.29 is 0 Å². The van der Waals surface area contributed by atoms with Gasteiger partial charge in [-0.3, -0.25) is 0 Å². The molecule has 0 aromatic heterocycles. The summed E-state index contributed by atoms with van der Waals surface area (Å²) in [7, 11) is 0. The molecule has 0 bridgehead atoms. The van der Waals surface area contributed by atoms with E-state index in [1.54, 1.807) is 0 Å². The zero-order chi connectivity index (χ0) is 36.8. The molecule has 0 saturated carbocycles. The van der Waals surface area contributed by atoms with Crippen molar-refractivity contribution in [3.63, 3.8) is 0 Å². The Hall–Kier alpha value is -7.22. The molecule has 0 spiro atoms. The maximum absolute atomic E-state index is 2.38. The lowest BCUT2D eigenvalue weighted by Gasteiger charge is -2.27. The van der Waals surface area contributed by atoms with Crippen LogP contribution in [-0.2, 0) is 0 Å². The second-order valence-electron chi connectivity index (χ2n) is 13.8. The van der Waals surface area contributed by atoms with Gasteiger partial charge < -0.3 is 4.90 Å². The fourth-order valence-corrected chi connectivity index (χ4v) is 7.57. The zero-order valence-electron chi connectivity index (χ0n) is 30.5. The molecular weight excluding hydrogens is 663 g/mol. The lowest BCUT2D eigenvalue weighted by molar-refractivity contribution is 1.28. The van der Waals surface area contributed by atoms with Gasteiger partial charge in [0.1, 0.15) is 0 Å². The standard InChI is InChI=1S/C54H39N/c1-6-17-40(18-7-1)43-29-33-49(34-30-43)55(51-38-47(41-19-8-2-9-20-41)37-48(39-51)42-21-10-3-11-22-42)50-35-31-45(32-36-50)53-28-16-27-52(44-23-12-4-13-24-44)54(53)46-25-14-5-15-26-46/h1-39H. The average molecular weight is 702 g/mol. The van der Waals surface area contributed by atoms with Gasteiger partial charge in [-0.05, 0) is 109 Å². The van der Waals surface area contributed by atoms with E-state index in [4.69, 9.17) is 0 Å². The summed E-state index contributed by atoms with van der Waals surface area (Å²) >= 11 is 0. The van der Waals surface area contributed by atoms with E-state index in [9.17, 15) is 0 Å². The first kappa shape index (κ1) is 33.6. The summed E-state index contributed by atoms with van der Waals surface area (Å²) in [4.78, 5) is 2.38. The Morgan fingerprint density at radius 1 is 0.200 bits per heavy atom. The summed E-state index contributed by atoms with van der Waals surface area (Å²) in [5.74, 6) is 0. The molecule has 0 aliphatic rings. The normalized spacial score (nSPS) is 10.9.